The van der Waals surface area contributed by atoms with Crippen molar-refractivity contribution >= 4 is 18.4 Å². The van der Waals surface area contributed by atoms with Crippen LogP contribution in [0.4, 0.5) is 0 Å². The first-order chi connectivity index (χ1) is 12.9. The fraction of sp³-hybridized carbons (Fsp3) is 0.318. The molecule has 1 aromatic heterocycles. The Morgan fingerprint density at radius 2 is 1.74 bits per heavy atom. The largest absolute Gasteiger partial charge is 0.250 e. The Morgan fingerprint density at radius 3 is 2.37 bits per heavy atom. The third-order valence-corrected chi connectivity index (χ3v) is 4.85. The molecule has 0 aliphatic carbocycles. The molecule has 0 saturated carbocycles. The molecule has 0 radical (unpaired) electrons. The van der Waals surface area contributed by atoms with Gasteiger partial charge in [-0.15, -0.1) is 0 Å². The molecule has 3 aromatic rings. The van der Waals surface area contributed by atoms with Crippen LogP contribution in [-0.2, 0) is 6.42 Å². The monoisotopic (exact) mass is 378 g/mol. The summed E-state index contributed by atoms with van der Waals surface area (Å²) in [5, 5.41) is 11.9. The van der Waals surface area contributed by atoms with Gasteiger partial charge in [-0.1, -0.05) is 74.9 Å². The molecule has 140 valence electrons. The summed E-state index contributed by atoms with van der Waals surface area (Å²) in [4.78, 5) is 0. The smallest absolute Gasteiger partial charge is 0.216 e. The maximum absolute atomic E-state index is 5.38. The number of aromatic amines is 1. The van der Waals surface area contributed by atoms with Gasteiger partial charge in [0, 0.05) is 5.92 Å². The Hall–Kier alpha value is -2.53. The van der Waals surface area contributed by atoms with Crippen LogP contribution in [0.1, 0.15) is 54.8 Å². The summed E-state index contributed by atoms with van der Waals surface area (Å²) >= 11 is 5.38. The van der Waals surface area contributed by atoms with Crippen LogP contribution in [-0.4, -0.2) is 21.1 Å². The van der Waals surface area contributed by atoms with Crippen LogP contribution < -0.4 is 0 Å². The van der Waals surface area contributed by atoms with E-state index in [4.69, 9.17) is 12.2 Å². The lowest BCUT2D eigenvalue weighted by Crippen LogP contribution is -2.05. The van der Waals surface area contributed by atoms with E-state index in [0.717, 1.165) is 17.8 Å². The lowest BCUT2D eigenvalue weighted by Gasteiger charge is -2.12. The highest BCUT2D eigenvalue weighted by molar-refractivity contribution is 7.71. The predicted octanol–water partition coefficient (Wildman–Crippen LogP) is 5.48. The van der Waals surface area contributed by atoms with E-state index in [9.17, 15) is 0 Å². The van der Waals surface area contributed by atoms with Gasteiger partial charge in [0.1, 0.15) is 0 Å². The van der Waals surface area contributed by atoms with Gasteiger partial charge in [0.2, 0.25) is 4.77 Å². The van der Waals surface area contributed by atoms with Crippen molar-refractivity contribution in [3.05, 3.63) is 81.4 Å². The van der Waals surface area contributed by atoms with E-state index in [0.29, 0.717) is 10.7 Å². The Balaban J connectivity index is 1.84. The van der Waals surface area contributed by atoms with Crippen molar-refractivity contribution in [1.29, 1.82) is 0 Å². The number of hydrogen-bond donors (Lipinski definition) is 1. The zero-order valence-electron chi connectivity index (χ0n) is 16.3. The molecule has 1 N–H and O–H groups in total. The molecule has 0 amide bonds. The van der Waals surface area contributed by atoms with Crippen LogP contribution in [0.25, 0.3) is 0 Å². The fourth-order valence-corrected chi connectivity index (χ4v) is 3.22. The molecule has 0 unspecified atom stereocenters. The number of H-pyrrole nitrogens is 1. The topological polar surface area (TPSA) is 46.0 Å². The van der Waals surface area contributed by atoms with Crippen molar-refractivity contribution in [3.63, 3.8) is 0 Å². The molecular weight excluding hydrogens is 352 g/mol. The molecule has 0 aliphatic heterocycles. The van der Waals surface area contributed by atoms with Gasteiger partial charge in [0.05, 0.1) is 6.21 Å². The first-order valence-electron chi connectivity index (χ1n) is 9.31. The summed E-state index contributed by atoms with van der Waals surface area (Å²) in [5.41, 5.74) is 4.81. The van der Waals surface area contributed by atoms with Crippen LogP contribution in [0, 0.1) is 17.6 Å². The van der Waals surface area contributed by atoms with E-state index >= 15 is 0 Å². The van der Waals surface area contributed by atoms with Crippen LogP contribution in [0.15, 0.2) is 53.6 Å². The Bertz CT molecular complexity index is 963. The lowest BCUT2D eigenvalue weighted by molar-refractivity contribution is 0.646. The van der Waals surface area contributed by atoms with E-state index in [1.807, 2.05) is 18.3 Å². The van der Waals surface area contributed by atoms with Gasteiger partial charge in [-0.2, -0.15) is 14.9 Å². The zero-order chi connectivity index (χ0) is 19.4. The van der Waals surface area contributed by atoms with Crippen LogP contribution in [0.2, 0.25) is 0 Å². The normalized spacial score (nSPS) is 12.8. The molecule has 0 saturated heterocycles. The molecule has 3 rings (SSSR count). The molecule has 5 heteroatoms. The van der Waals surface area contributed by atoms with Crippen LogP contribution in [0.3, 0.4) is 0 Å². The Labute approximate surface area is 166 Å². The summed E-state index contributed by atoms with van der Waals surface area (Å²) in [7, 11) is 0. The van der Waals surface area contributed by atoms with Crippen LogP contribution in [0.5, 0.6) is 0 Å². The summed E-state index contributed by atoms with van der Waals surface area (Å²) in [6.45, 7) is 8.67. The SMILES string of the molecule is Cc1ccc(/C=N/n2c([C@@H](C)c3ccc(CC(C)C)cc3)n[nH]c2=S)cc1. The quantitative estimate of drug-likeness (QED) is 0.456. The average molecular weight is 379 g/mol. The first-order valence-corrected chi connectivity index (χ1v) is 9.72. The van der Waals surface area contributed by atoms with Gasteiger partial charge in [0.15, 0.2) is 5.82 Å². The van der Waals surface area contributed by atoms with E-state index in [1.165, 1.54) is 16.7 Å². The minimum absolute atomic E-state index is 0.0845. The number of aromatic nitrogens is 3. The zero-order valence-corrected chi connectivity index (χ0v) is 17.1. The highest BCUT2D eigenvalue weighted by Crippen LogP contribution is 2.23. The number of hydrogen-bond acceptors (Lipinski definition) is 3. The fourth-order valence-electron chi connectivity index (χ4n) is 3.04. The molecular formula is C22H26N4S. The molecule has 1 heterocycles. The molecule has 2 aromatic carbocycles. The molecule has 1 atom stereocenters. The Kier molecular flexibility index (Phi) is 6.01. The molecule has 0 fully saturated rings. The second-order valence-corrected chi connectivity index (χ2v) is 7.80. The standard InChI is InChI=1S/C22H26N4S/c1-15(2)13-18-9-11-20(12-10-18)17(4)21-24-25-22(27)26(21)23-14-19-7-5-16(3)6-8-19/h5-12,14-15,17H,13H2,1-4H3,(H,25,27)/b23-14+/t17-/m0/s1. The van der Waals surface area contributed by atoms with E-state index in [1.54, 1.807) is 4.68 Å². The van der Waals surface area contributed by atoms with Crippen molar-refractivity contribution in [1.82, 2.24) is 14.9 Å². The van der Waals surface area contributed by atoms with Gasteiger partial charge in [0.25, 0.3) is 0 Å². The average Bonchev–Trinajstić information content (AvgIpc) is 3.01. The van der Waals surface area contributed by atoms with E-state index < -0.39 is 0 Å². The van der Waals surface area contributed by atoms with Crippen molar-refractivity contribution in [2.75, 3.05) is 0 Å². The second kappa shape index (κ2) is 8.44. The van der Waals surface area contributed by atoms with Gasteiger partial charge < -0.3 is 0 Å². The molecule has 0 aliphatic rings. The minimum atomic E-state index is 0.0845. The summed E-state index contributed by atoms with van der Waals surface area (Å²) in [6, 6.07) is 17.0. The second-order valence-electron chi connectivity index (χ2n) is 7.42. The number of aryl methyl sites for hydroxylation is 1. The highest BCUT2D eigenvalue weighted by atomic mass is 32.1. The van der Waals surface area contributed by atoms with Gasteiger partial charge in [-0.05, 0) is 48.2 Å². The number of rotatable bonds is 6. The maximum Gasteiger partial charge on any atom is 0.216 e. The Morgan fingerprint density at radius 1 is 1.07 bits per heavy atom. The van der Waals surface area contributed by atoms with Crippen LogP contribution >= 0.6 is 12.2 Å². The van der Waals surface area contributed by atoms with Crippen molar-refractivity contribution in [2.24, 2.45) is 11.0 Å². The van der Waals surface area contributed by atoms with Gasteiger partial charge in [-0.3, -0.25) is 5.10 Å². The third-order valence-electron chi connectivity index (χ3n) is 4.59. The van der Waals surface area contributed by atoms with Gasteiger partial charge in [-0.25, -0.2) is 0 Å². The number of nitrogens with zero attached hydrogens (tertiary/aromatic N) is 3. The highest BCUT2D eigenvalue weighted by Gasteiger charge is 2.16. The number of nitrogens with one attached hydrogen (secondary N) is 1. The lowest BCUT2D eigenvalue weighted by atomic mass is 9.96. The number of benzene rings is 2. The van der Waals surface area contributed by atoms with E-state index in [2.05, 4.69) is 79.4 Å². The predicted molar refractivity (Wildman–Crippen MR) is 114 cm³/mol. The molecule has 0 spiro atoms. The molecule has 0 bridgehead atoms. The van der Waals surface area contributed by atoms with Crippen molar-refractivity contribution in [2.45, 2.75) is 40.0 Å². The summed E-state index contributed by atoms with van der Waals surface area (Å²) in [6.07, 6.45) is 2.90. The van der Waals surface area contributed by atoms with Crippen molar-refractivity contribution in [3.8, 4) is 0 Å². The van der Waals surface area contributed by atoms with Crippen molar-refractivity contribution < 1.29 is 0 Å². The first kappa shape index (κ1) is 19.2. The molecule has 27 heavy (non-hydrogen) atoms. The summed E-state index contributed by atoms with van der Waals surface area (Å²) < 4.78 is 2.21. The van der Waals surface area contributed by atoms with Gasteiger partial charge >= 0.3 is 0 Å². The molecule has 4 nitrogen and oxygen atoms in total. The maximum atomic E-state index is 5.38. The third kappa shape index (κ3) is 4.80. The minimum Gasteiger partial charge on any atom is -0.250 e. The van der Waals surface area contributed by atoms with E-state index in [-0.39, 0.29) is 5.92 Å². The summed E-state index contributed by atoms with van der Waals surface area (Å²) in [5.74, 6) is 1.54.